The first kappa shape index (κ1) is 8.51. The molecule has 0 aromatic heterocycles. The van der Waals surface area contributed by atoms with Crippen molar-refractivity contribution >= 4 is 0 Å². The van der Waals surface area contributed by atoms with E-state index in [1.807, 2.05) is 6.07 Å². The van der Waals surface area contributed by atoms with Gasteiger partial charge in [0.1, 0.15) is 5.75 Å². The zero-order chi connectivity index (χ0) is 9.47. The third-order valence-corrected chi connectivity index (χ3v) is 2.50. The highest BCUT2D eigenvalue weighted by Crippen LogP contribution is 2.51. The highest BCUT2D eigenvalue weighted by Gasteiger charge is 2.55. The molecule has 1 aliphatic rings. The molecule has 0 radical (unpaired) electrons. The van der Waals surface area contributed by atoms with Gasteiger partial charge >= 0.3 is 0 Å². The first-order chi connectivity index (χ1) is 6.18. The molecule has 2 rings (SSSR count). The van der Waals surface area contributed by atoms with Crippen molar-refractivity contribution in [3.8, 4) is 5.75 Å². The van der Waals surface area contributed by atoms with Crippen LogP contribution in [0.25, 0.3) is 0 Å². The lowest BCUT2D eigenvalue weighted by molar-refractivity contribution is 0.291. The number of alkyl halides is 1. The van der Waals surface area contributed by atoms with Gasteiger partial charge in [-0.2, -0.15) is 0 Å². The number of methoxy groups -OCH3 is 1. The predicted octanol–water partition coefficient (Wildman–Crippen LogP) is 1.59. The third kappa shape index (κ3) is 1.20. The second-order valence-corrected chi connectivity index (χ2v) is 3.37. The fourth-order valence-electron chi connectivity index (χ4n) is 1.56. The fraction of sp³-hybridized carbons (Fsp3) is 0.400. The monoisotopic (exact) mass is 181 g/mol. The van der Waals surface area contributed by atoms with Crippen LogP contribution in [-0.4, -0.2) is 13.2 Å². The lowest BCUT2D eigenvalue weighted by atomic mass is 10.1. The van der Waals surface area contributed by atoms with Crippen molar-refractivity contribution in [1.29, 1.82) is 0 Å². The molecule has 0 heterocycles. The van der Waals surface area contributed by atoms with Crippen LogP contribution in [-0.2, 0) is 5.67 Å². The van der Waals surface area contributed by atoms with Crippen LogP contribution in [0.1, 0.15) is 12.0 Å². The third-order valence-electron chi connectivity index (χ3n) is 2.50. The van der Waals surface area contributed by atoms with Crippen LogP contribution >= 0.6 is 0 Å². The van der Waals surface area contributed by atoms with Crippen molar-refractivity contribution in [2.45, 2.75) is 18.1 Å². The molecule has 2 N–H and O–H groups in total. The molecule has 0 saturated heterocycles. The summed E-state index contributed by atoms with van der Waals surface area (Å²) < 4.78 is 18.9. The van der Waals surface area contributed by atoms with E-state index in [1.54, 1.807) is 18.2 Å². The predicted molar refractivity (Wildman–Crippen MR) is 48.4 cm³/mol. The van der Waals surface area contributed by atoms with Gasteiger partial charge in [-0.25, -0.2) is 4.39 Å². The molecule has 0 spiro atoms. The molecule has 2 atom stereocenters. The molecule has 3 heteroatoms. The first-order valence-corrected chi connectivity index (χ1v) is 4.26. The number of benzene rings is 1. The Bertz CT molecular complexity index is 328. The van der Waals surface area contributed by atoms with E-state index < -0.39 is 5.67 Å². The van der Waals surface area contributed by atoms with Crippen LogP contribution in [0.3, 0.4) is 0 Å². The van der Waals surface area contributed by atoms with E-state index in [9.17, 15) is 4.39 Å². The van der Waals surface area contributed by atoms with Crippen LogP contribution in [0, 0.1) is 0 Å². The van der Waals surface area contributed by atoms with Gasteiger partial charge in [0.25, 0.3) is 0 Å². The van der Waals surface area contributed by atoms with Crippen LogP contribution < -0.4 is 10.5 Å². The Kier molecular flexibility index (Phi) is 1.77. The van der Waals surface area contributed by atoms with Gasteiger partial charge in [0.15, 0.2) is 5.67 Å². The van der Waals surface area contributed by atoms with E-state index >= 15 is 0 Å². The lowest BCUT2D eigenvalue weighted by Crippen LogP contribution is -2.14. The van der Waals surface area contributed by atoms with E-state index in [4.69, 9.17) is 10.5 Å². The zero-order valence-electron chi connectivity index (χ0n) is 7.46. The highest BCUT2D eigenvalue weighted by atomic mass is 19.1. The van der Waals surface area contributed by atoms with Crippen LogP contribution in [0.5, 0.6) is 5.75 Å². The van der Waals surface area contributed by atoms with Crippen molar-refractivity contribution in [2.75, 3.05) is 7.11 Å². The number of rotatable bonds is 2. The van der Waals surface area contributed by atoms with Crippen LogP contribution in [0.2, 0.25) is 0 Å². The first-order valence-electron chi connectivity index (χ1n) is 4.26. The molecule has 13 heavy (non-hydrogen) atoms. The van der Waals surface area contributed by atoms with Gasteiger partial charge in [-0.05, 0) is 6.07 Å². The van der Waals surface area contributed by atoms with Gasteiger partial charge in [-0.3, -0.25) is 0 Å². The minimum absolute atomic E-state index is 0.371. The fourth-order valence-corrected chi connectivity index (χ4v) is 1.56. The molecule has 0 amide bonds. The number of nitrogens with two attached hydrogens (primary N) is 1. The second kappa shape index (κ2) is 2.70. The molecule has 1 aromatic rings. The molecular formula is C10H12FNO. The Balaban J connectivity index is 2.40. The summed E-state index contributed by atoms with van der Waals surface area (Å²) in [4.78, 5) is 0. The van der Waals surface area contributed by atoms with E-state index in [2.05, 4.69) is 0 Å². The molecule has 1 fully saturated rings. The van der Waals surface area contributed by atoms with Crippen molar-refractivity contribution in [3.05, 3.63) is 29.8 Å². The van der Waals surface area contributed by atoms with E-state index in [1.165, 1.54) is 7.11 Å². The summed E-state index contributed by atoms with van der Waals surface area (Å²) in [7, 11) is 1.54. The SMILES string of the molecule is COc1ccccc1[C@@]1(F)C[C@@H]1N. The van der Waals surface area contributed by atoms with E-state index in [-0.39, 0.29) is 6.04 Å². The quantitative estimate of drug-likeness (QED) is 0.752. The van der Waals surface area contributed by atoms with Crippen molar-refractivity contribution < 1.29 is 9.13 Å². The summed E-state index contributed by atoms with van der Waals surface area (Å²) in [5.74, 6) is 0.581. The van der Waals surface area contributed by atoms with E-state index in [0.29, 0.717) is 17.7 Å². The number of ether oxygens (including phenoxy) is 1. The van der Waals surface area contributed by atoms with Crippen molar-refractivity contribution in [3.63, 3.8) is 0 Å². The molecule has 70 valence electrons. The normalized spacial score (nSPS) is 31.5. The van der Waals surface area contributed by atoms with Gasteiger partial charge in [0.05, 0.1) is 7.11 Å². The molecule has 1 aromatic carbocycles. The molecule has 0 bridgehead atoms. The standard InChI is InChI=1S/C10H12FNO/c1-13-8-5-3-2-4-7(8)10(11)6-9(10)12/h2-5,9H,6,12H2,1H3/t9-,10-/m0/s1. The summed E-state index contributed by atoms with van der Waals surface area (Å²) in [6.07, 6.45) is 0.396. The van der Waals surface area contributed by atoms with Crippen LogP contribution in [0.4, 0.5) is 4.39 Å². The summed E-state index contributed by atoms with van der Waals surface area (Å²) in [6.45, 7) is 0. The number of hydrogen-bond acceptors (Lipinski definition) is 2. The number of para-hydroxylation sites is 1. The Hall–Kier alpha value is -1.09. The highest BCUT2D eigenvalue weighted by molar-refractivity contribution is 5.43. The molecule has 0 aliphatic heterocycles. The number of hydrogen-bond donors (Lipinski definition) is 1. The average molecular weight is 181 g/mol. The lowest BCUT2D eigenvalue weighted by Gasteiger charge is -2.11. The van der Waals surface area contributed by atoms with Crippen LogP contribution in [0.15, 0.2) is 24.3 Å². The molecule has 1 saturated carbocycles. The van der Waals surface area contributed by atoms with Gasteiger partial charge in [0, 0.05) is 18.0 Å². The molecule has 1 aliphatic carbocycles. The summed E-state index contributed by atoms with van der Waals surface area (Å²) in [5, 5.41) is 0. The zero-order valence-corrected chi connectivity index (χ0v) is 7.46. The summed E-state index contributed by atoms with van der Waals surface area (Å²) in [6, 6.07) is 6.72. The maximum Gasteiger partial charge on any atom is 0.156 e. The number of halogens is 1. The Morgan fingerprint density at radius 1 is 1.54 bits per heavy atom. The minimum Gasteiger partial charge on any atom is -0.496 e. The molecule has 0 unspecified atom stereocenters. The molecular weight excluding hydrogens is 169 g/mol. The van der Waals surface area contributed by atoms with Gasteiger partial charge < -0.3 is 10.5 Å². The Morgan fingerprint density at radius 2 is 2.15 bits per heavy atom. The Labute approximate surface area is 76.5 Å². The van der Waals surface area contributed by atoms with E-state index in [0.717, 1.165) is 0 Å². The minimum atomic E-state index is -1.35. The topological polar surface area (TPSA) is 35.2 Å². The Morgan fingerprint density at radius 3 is 2.69 bits per heavy atom. The summed E-state index contributed by atoms with van der Waals surface area (Å²) in [5.41, 5.74) is 4.75. The van der Waals surface area contributed by atoms with Crippen molar-refractivity contribution in [1.82, 2.24) is 0 Å². The van der Waals surface area contributed by atoms with Crippen molar-refractivity contribution in [2.24, 2.45) is 5.73 Å². The molecule has 2 nitrogen and oxygen atoms in total. The maximum absolute atomic E-state index is 13.9. The maximum atomic E-state index is 13.9. The van der Waals surface area contributed by atoms with Gasteiger partial charge in [0.2, 0.25) is 0 Å². The smallest absolute Gasteiger partial charge is 0.156 e. The second-order valence-electron chi connectivity index (χ2n) is 3.37. The summed E-state index contributed by atoms with van der Waals surface area (Å²) >= 11 is 0. The average Bonchev–Trinajstić information content (AvgIpc) is 2.76. The largest absolute Gasteiger partial charge is 0.496 e. The van der Waals surface area contributed by atoms with Gasteiger partial charge in [-0.1, -0.05) is 18.2 Å². The van der Waals surface area contributed by atoms with Gasteiger partial charge in [-0.15, -0.1) is 0 Å².